The van der Waals surface area contributed by atoms with Gasteiger partial charge < -0.3 is 0 Å². The first-order valence-corrected chi connectivity index (χ1v) is 6.37. The molecule has 3 aromatic rings. The molecule has 0 aliphatic carbocycles. The van der Waals surface area contributed by atoms with Gasteiger partial charge in [-0.15, -0.1) is 0 Å². The second-order valence-electron chi connectivity index (χ2n) is 5.10. The largest absolute Gasteiger partial charge is 0.241 e. The van der Waals surface area contributed by atoms with Crippen molar-refractivity contribution < 1.29 is 0 Å². The van der Waals surface area contributed by atoms with Crippen LogP contribution >= 0.6 is 0 Å². The number of hydrogen-bond acceptors (Lipinski definition) is 2. The molecule has 0 saturated carbocycles. The highest BCUT2D eigenvalue weighted by atomic mass is 14.8. The van der Waals surface area contributed by atoms with Gasteiger partial charge in [0.15, 0.2) is 0 Å². The van der Waals surface area contributed by atoms with Crippen LogP contribution in [0.3, 0.4) is 0 Å². The van der Waals surface area contributed by atoms with Crippen LogP contribution in [-0.2, 0) is 6.42 Å². The fourth-order valence-electron chi connectivity index (χ4n) is 2.40. The van der Waals surface area contributed by atoms with E-state index in [9.17, 15) is 0 Å². The van der Waals surface area contributed by atoms with Crippen LogP contribution in [0.2, 0.25) is 0 Å². The first-order chi connectivity index (χ1) is 8.75. The molecule has 1 aromatic heterocycles. The molecule has 90 valence electrons. The van der Waals surface area contributed by atoms with E-state index < -0.39 is 0 Å². The monoisotopic (exact) mass is 236 g/mol. The second kappa shape index (κ2) is 4.37. The van der Waals surface area contributed by atoms with Gasteiger partial charge in [-0.3, -0.25) is 0 Å². The lowest BCUT2D eigenvalue weighted by atomic mass is 10.0. The summed E-state index contributed by atoms with van der Waals surface area (Å²) in [5, 5.41) is 3.63. The Bertz CT molecular complexity index is 702. The van der Waals surface area contributed by atoms with Gasteiger partial charge in [0, 0.05) is 10.8 Å². The van der Waals surface area contributed by atoms with Gasteiger partial charge in [-0.2, -0.15) is 0 Å². The third kappa shape index (κ3) is 1.84. The smallest absolute Gasteiger partial charge is 0.116 e. The van der Waals surface area contributed by atoms with Crippen LogP contribution < -0.4 is 0 Å². The Hall–Kier alpha value is -1.96. The summed E-state index contributed by atoms with van der Waals surface area (Å²) in [4.78, 5) is 8.91. The molecule has 0 N–H and O–H groups in total. The molecule has 0 saturated heterocycles. The van der Waals surface area contributed by atoms with E-state index in [2.05, 4.69) is 60.2 Å². The van der Waals surface area contributed by atoms with E-state index in [0.717, 1.165) is 17.6 Å². The predicted octanol–water partition coefficient (Wildman–Crippen LogP) is 3.98. The molecule has 0 atom stereocenters. The van der Waals surface area contributed by atoms with Crippen molar-refractivity contribution in [2.45, 2.75) is 20.3 Å². The third-order valence-corrected chi connectivity index (χ3v) is 3.21. The van der Waals surface area contributed by atoms with Gasteiger partial charge in [0.1, 0.15) is 6.33 Å². The van der Waals surface area contributed by atoms with Crippen LogP contribution in [0, 0.1) is 5.92 Å². The summed E-state index contributed by atoms with van der Waals surface area (Å²) in [5.41, 5.74) is 2.22. The zero-order valence-electron chi connectivity index (χ0n) is 10.7. The van der Waals surface area contributed by atoms with Crippen molar-refractivity contribution in [3.8, 4) is 0 Å². The predicted molar refractivity (Wildman–Crippen MR) is 75.6 cm³/mol. The van der Waals surface area contributed by atoms with Crippen LogP contribution in [0.4, 0.5) is 0 Å². The summed E-state index contributed by atoms with van der Waals surface area (Å²) in [7, 11) is 0. The molecule has 2 nitrogen and oxygen atoms in total. The van der Waals surface area contributed by atoms with E-state index >= 15 is 0 Å². The number of fused-ring (bicyclic) bond motifs is 3. The summed E-state index contributed by atoms with van der Waals surface area (Å²) in [6.07, 6.45) is 2.68. The minimum atomic E-state index is 0.606. The van der Waals surface area contributed by atoms with E-state index in [1.807, 2.05) is 0 Å². The zero-order valence-corrected chi connectivity index (χ0v) is 10.7. The first kappa shape index (κ1) is 11.1. The molecule has 3 rings (SSSR count). The Kier molecular flexibility index (Phi) is 2.71. The van der Waals surface area contributed by atoms with Crippen molar-refractivity contribution in [2.24, 2.45) is 5.92 Å². The summed E-state index contributed by atoms with van der Waals surface area (Å²) >= 11 is 0. The van der Waals surface area contributed by atoms with Crippen LogP contribution in [0.25, 0.3) is 21.7 Å². The van der Waals surface area contributed by atoms with Crippen molar-refractivity contribution >= 4 is 21.7 Å². The quantitative estimate of drug-likeness (QED) is 0.629. The van der Waals surface area contributed by atoms with Gasteiger partial charge in [0.2, 0.25) is 0 Å². The number of nitrogens with zero attached hydrogens (tertiary/aromatic N) is 2. The molecule has 2 heteroatoms. The Labute approximate surface area is 107 Å². The van der Waals surface area contributed by atoms with E-state index in [1.54, 1.807) is 6.33 Å². The lowest BCUT2D eigenvalue weighted by molar-refractivity contribution is 0.638. The topological polar surface area (TPSA) is 25.8 Å². The maximum Gasteiger partial charge on any atom is 0.116 e. The summed E-state index contributed by atoms with van der Waals surface area (Å²) in [6, 6.07) is 12.7. The number of aromatic nitrogens is 2. The third-order valence-electron chi connectivity index (χ3n) is 3.21. The zero-order chi connectivity index (χ0) is 12.5. The molecule has 0 fully saturated rings. The first-order valence-electron chi connectivity index (χ1n) is 6.37. The van der Waals surface area contributed by atoms with Crippen LogP contribution in [0.1, 0.15) is 19.5 Å². The number of benzene rings is 2. The average molecular weight is 236 g/mol. The van der Waals surface area contributed by atoms with Gasteiger partial charge in [0.25, 0.3) is 0 Å². The Morgan fingerprint density at radius 3 is 2.61 bits per heavy atom. The van der Waals surface area contributed by atoms with E-state index in [4.69, 9.17) is 0 Å². The fourth-order valence-corrected chi connectivity index (χ4v) is 2.40. The molecule has 0 radical (unpaired) electrons. The van der Waals surface area contributed by atoms with Gasteiger partial charge in [0.05, 0.1) is 11.2 Å². The molecule has 18 heavy (non-hydrogen) atoms. The van der Waals surface area contributed by atoms with Crippen LogP contribution in [-0.4, -0.2) is 9.97 Å². The highest BCUT2D eigenvalue weighted by Crippen LogP contribution is 2.25. The molecular formula is C16H16N2. The number of hydrogen-bond donors (Lipinski definition) is 0. The van der Waals surface area contributed by atoms with E-state index in [-0.39, 0.29) is 0 Å². The van der Waals surface area contributed by atoms with Crippen molar-refractivity contribution in [1.29, 1.82) is 0 Å². The molecule has 0 aliphatic heterocycles. The maximum atomic E-state index is 4.47. The van der Waals surface area contributed by atoms with E-state index in [1.165, 1.54) is 16.2 Å². The van der Waals surface area contributed by atoms with Gasteiger partial charge in [-0.25, -0.2) is 9.97 Å². The van der Waals surface area contributed by atoms with Crippen LogP contribution in [0.15, 0.2) is 42.7 Å². The lowest BCUT2D eigenvalue weighted by Gasteiger charge is -2.09. The molecular weight excluding hydrogens is 220 g/mol. The van der Waals surface area contributed by atoms with Crippen molar-refractivity contribution in [3.05, 3.63) is 48.4 Å². The molecule has 0 unspecified atom stereocenters. The molecule has 1 heterocycles. The SMILES string of the molecule is CC(C)Cc1ncnc2c1ccc1ccccc12. The number of rotatable bonds is 2. The van der Waals surface area contributed by atoms with Crippen LogP contribution in [0.5, 0.6) is 0 Å². The van der Waals surface area contributed by atoms with Crippen molar-refractivity contribution in [1.82, 2.24) is 9.97 Å². The maximum absolute atomic E-state index is 4.47. The standard InChI is InChI=1S/C16H16N2/c1-11(2)9-15-14-8-7-12-5-3-4-6-13(12)16(14)18-10-17-15/h3-8,10-11H,9H2,1-2H3. The average Bonchev–Trinajstić information content (AvgIpc) is 2.38. The van der Waals surface area contributed by atoms with E-state index in [0.29, 0.717) is 5.92 Å². The van der Waals surface area contributed by atoms with Gasteiger partial charge >= 0.3 is 0 Å². The molecule has 0 aliphatic rings. The van der Waals surface area contributed by atoms with Gasteiger partial charge in [-0.05, 0) is 17.7 Å². The molecule has 2 aromatic carbocycles. The molecule has 0 amide bonds. The minimum Gasteiger partial charge on any atom is -0.241 e. The molecule has 0 spiro atoms. The van der Waals surface area contributed by atoms with Crippen molar-refractivity contribution in [2.75, 3.05) is 0 Å². The Balaban J connectivity index is 2.32. The highest BCUT2D eigenvalue weighted by Gasteiger charge is 2.08. The summed E-state index contributed by atoms with van der Waals surface area (Å²) in [5.74, 6) is 0.606. The summed E-state index contributed by atoms with van der Waals surface area (Å²) < 4.78 is 0. The highest BCUT2D eigenvalue weighted by molar-refractivity contribution is 6.05. The Morgan fingerprint density at radius 2 is 1.78 bits per heavy atom. The lowest BCUT2D eigenvalue weighted by Crippen LogP contribution is -1.99. The van der Waals surface area contributed by atoms with Crippen molar-refractivity contribution in [3.63, 3.8) is 0 Å². The molecule has 0 bridgehead atoms. The minimum absolute atomic E-state index is 0.606. The summed E-state index contributed by atoms with van der Waals surface area (Å²) in [6.45, 7) is 4.43. The fraction of sp³-hybridized carbons (Fsp3) is 0.250. The normalized spacial score (nSPS) is 11.5. The Morgan fingerprint density at radius 1 is 0.944 bits per heavy atom. The second-order valence-corrected chi connectivity index (χ2v) is 5.10. The van der Waals surface area contributed by atoms with Gasteiger partial charge in [-0.1, -0.05) is 50.2 Å².